The third kappa shape index (κ3) is 11.0. The maximum Gasteiger partial charge on any atom is 0.375 e. The normalized spacial score (nSPS) is 13.0. The summed E-state index contributed by atoms with van der Waals surface area (Å²) < 4.78 is 4.70. The minimum atomic E-state index is -1.14. The standard InChI is InChI=1S/C21H36O4/c1-2-3-4-5-6-7-8-9-10-11-12-13-14-15-16-17-18(22)19-20(25-19)21(23)24/h2-17H2,1H3,(H,23,24). The molecule has 0 saturated carbocycles. The summed E-state index contributed by atoms with van der Waals surface area (Å²) in [4.78, 5) is 22.2. The number of carbonyl (C=O) groups is 2. The van der Waals surface area contributed by atoms with E-state index < -0.39 is 5.97 Å². The summed E-state index contributed by atoms with van der Waals surface area (Å²) in [5, 5.41) is 8.64. The summed E-state index contributed by atoms with van der Waals surface area (Å²) in [6.07, 6.45) is 19.8. The van der Waals surface area contributed by atoms with Gasteiger partial charge in [-0.25, -0.2) is 4.79 Å². The number of unbranched alkanes of at least 4 members (excludes halogenated alkanes) is 14. The van der Waals surface area contributed by atoms with Crippen LogP contribution < -0.4 is 0 Å². The molecule has 0 aromatic heterocycles. The molecule has 0 atom stereocenters. The van der Waals surface area contributed by atoms with Gasteiger partial charge in [-0.05, 0) is 6.42 Å². The van der Waals surface area contributed by atoms with Gasteiger partial charge >= 0.3 is 5.97 Å². The van der Waals surface area contributed by atoms with E-state index in [1.807, 2.05) is 0 Å². The lowest BCUT2D eigenvalue weighted by Crippen LogP contribution is -1.96. The molecular weight excluding hydrogens is 316 g/mol. The highest BCUT2D eigenvalue weighted by atomic mass is 16.6. The molecule has 0 spiro atoms. The number of ketones is 1. The molecule has 1 aliphatic rings. The fourth-order valence-electron chi connectivity index (χ4n) is 3.17. The Labute approximate surface area is 153 Å². The van der Waals surface area contributed by atoms with Gasteiger partial charge in [-0.1, -0.05) is 96.8 Å². The average Bonchev–Trinajstić information content (AvgIpc) is 3.39. The predicted octanol–water partition coefficient (Wildman–Crippen LogP) is 6.14. The Bertz CT molecular complexity index is 426. The number of Topliss-reactive ketones (excluding diaryl/α,β-unsaturated/α-hetero) is 1. The van der Waals surface area contributed by atoms with E-state index in [9.17, 15) is 9.59 Å². The molecule has 0 aromatic rings. The lowest BCUT2D eigenvalue weighted by Gasteiger charge is -2.03. The van der Waals surface area contributed by atoms with E-state index in [0.717, 1.165) is 19.3 Å². The smallest absolute Gasteiger partial charge is 0.375 e. The molecule has 0 fully saturated rings. The summed E-state index contributed by atoms with van der Waals surface area (Å²) >= 11 is 0. The molecule has 1 heterocycles. The molecule has 4 heteroatoms. The zero-order valence-corrected chi connectivity index (χ0v) is 16.0. The van der Waals surface area contributed by atoms with E-state index in [4.69, 9.17) is 9.84 Å². The molecule has 0 amide bonds. The summed E-state index contributed by atoms with van der Waals surface area (Å²) in [6.45, 7) is 2.26. The lowest BCUT2D eigenvalue weighted by atomic mass is 10.0. The van der Waals surface area contributed by atoms with E-state index in [1.165, 1.54) is 77.0 Å². The molecule has 0 bridgehead atoms. The molecule has 1 rings (SSSR count). The summed E-state index contributed by atoms with van der Waals surface area (Å²) in [5.41, 5.74) is 0. The van der Waals surface area contributed by atoms with Crippen LogP contribution in [-0.4, -0.2) is 16.9 Å². The molecule has 25 heavy (non-hydrogen) atoms. The van der Waals surface area contributed by atoms with Crippen molar-refractivity contribution >= 4 is 11.8 Å². The van der Waals surface area contributed by atoms with E-state index in [-0.39, 0.29) is 17.3 Å². The Balaban J connectivity index is 1.77. The van der Waals surface area contributed by atoms with Gasteiger partial charge in [0.25, 0.3) is 5.76 Å². The fourth-order valence-corrected chi connectivity index (χ4v) is 3.17. The van der Waals surface area contributed by atoms with E-state index in [0.29, 0.717) is 6.42 Å². The largest absolute Gasteiger partial charge is 0.475 e. The number of rotatable bonds is 18. The highest BCUT2D eigenvalue weighted by Gasteiger charge is 2.37. The molecule has 0 unspecified atom stereocenters. The first-order valence-electron chi connectivity index (χ1n) is 10.4. The van der Waals surface area contributed by atoms with Gasteiger partial charge in [0.2, 0.25) is 11.5 Å². The Hall–Kier alpha value is -1.32. The maximum atomic E-state index is 11.6. The second-order valence-electron chi connectivity index (χ2n) is 7.19. The third-order valence-corrected chi connectivity index (χ3v) is 4.82. The zero-order chi connectivity index (χ0) is 18.3. The van der Waals surface area contributed by atoms with Crippen LogP contribution in [0.2, 0.25) is 0 Å². The van der Waals surface area contributed by atoms with Gasteiger partial charge < -0.3 is 9.84 Å². The number of hydrogen-bond acceptors (Lipinski definition) is 3. The van der Waals surface area contributed by atoms with E-state index in [2.05, 4.69) is 6.92 Å². The van der Waals surface area contributed by atoms with Crippen molar-refractivity contribution in [2.24, 2.45) is 0 Å². The topological polar surface area (TPSA) is 66.9 Å². The van der Waals surface area contributed by atoms with Crippen molar-refractivity contribution in [2.45, 2.75) is 110 Å². The first kappa shape index (κ1) is 21.7. The highest BCUT2D eigenvalue weighted by Crippen LogP contribution is 2.28. The number of aliphatic carboxylic acids is 1. The predicted molar refractivity (Wildman–Crippen MR) is 100 cm³/mol. The third-order valence-electron chi connectivity index (χ3n) is 4.82. The van der Waals surface area contributed by atoms with Gasteiger partial charge in [-0.2, -0.15) is 0 Å². The van der Waals surface area contributed by atoms with Crippen molar-refractivity contribution in [3.05, 3.63) is 11.5 Å². The second kappa shape index (κ2) is 13.9. The summed E-state index contributed by atoms with van der Waals surface area (Å²) in [7, 11) is 0. The molecular formula is C21H36O4. The van der Waals surface area contributed by atoms with Crippen molar-refractivity contribution in [1.82, 2.24) is 0 Å². The van der Waals surface area contributed by atoms with Crippen LogP contribution in [0.4, 0.5) is 0 Å². The lowest BCUT2D eigenvalue weighted by molar-refractivity contribution is -0.133. The number of ether oxygens (including phenoxy) is 1. The van der Waals surface area contributed by atoms with E-state index in [1.54, 1.807) is 0 Å². The first-order valence-corrected chi connectivity index (χ1v) is 10.4. The Morgan fingerprint density at radius 1 is 0.680 bits per heavy atom. The minimum absolute atomic E-state index is 0.0675. The molecule has 0 aliphatic carbocycles. The second-order valence-corrected chi connectivity index (χ2v) is 7.19. The number of hydrogen-bond donors (Lipinski definition) is 1. The monoisotopic (exact) mass is 352 g/mol. The van der Waals surface area contributed by atoms with Crippen molar-refractivity contribution in [3.8, 4) is 0 Å². The van der Waals surface area contributed by atoms with E-state index >= 15 is 0 Å². The Kier molecular flexibility index (Phi) is 12.1. The molecule has 1 aliphatic heterocycles. The van der Waals surface area contributed by atoms with Gasteiger partial charge in [0.1, 0.15) is 0 Å². The van der Waals surface area contributed by atoms with Crippen molar-refractivity contribution in [1.29, 1.82) is 0 Å². The molecule has 4 nitrogen and oxygen atoms in total. The highest BCUT2D eigenvalue weighted by molar-refractivity contribution is 6.05. The van der Waals surface area contributed by atoms with Crippen molar-refractivity contribution in [3.63, 3.8) is 0 Å². The molecule has 1 N–H and O–H groups in total. The van der Waals surface area contributed by atoms with Crippen LogP contribution >= 0.6 is 0 Å². The average molecular weight is 353 g/mol. The zero-order valence-electron chi connectivity index (χ0n) is 16.0. The number of carboxylic acids is 1. The summed E-state index contributed by atoms with van der Waals surface area (Å²) in [6, 6.07) is 0. The van der Waals surface area contributed by atoms with Crippen LogP contribution in [0.5, 0.6) is 0 Å². The number of allylic oxidation sites excluding steroid dienone is 1. The summed E-state index contributed by atoms with van der Waals surface area (Å²) in [5.74, 6) is -1.39. The van der Waals surface area contributed by atoms with Gasteiger partial charge in [0.05, 0.1) is 0 Å². The maximum absolute atomic E-state index is 11.6. The molecule has 0 radical (unpaired) electrons. The van der Waals surface area contributed by atoms with Crippen LogP contribution in [0.25, 0.3) is 0 Å². The van der Waals surface area contributed by atoms with Crippen LogP contribution in [0.3, 0.4) is 0 Å². The van der Waals surface area contributed by atoms with Gasteiger partial charge in [0, 0.05) is 6.42 Å². The van der Waals surface area contributed by atoms with Crippen LogP contribution in [0.15, 0.2) is 11.5 Å². The minimum Gasteiger partial charge on any atom is -0.475 e. The van der Waals surface area contributed by atoms with Gasteiger partial charge in [-0.15, -0.1) is 0 Å². The van der Waals surface area contributed by atoms with Crippen LogP contribution in [-0.2, 0) is 14.3 Å². The SMILES string of the molecule is CCCCCCCCCCCCCCCCCC(=O)C1=C(C(=O)O)O1. The van der Waals surface area contributed by atoms with Crippen LogP contribution in [0, 0.1) is 0 Å². The molecule has 0 saturated heterocycles. The fraction of sp³-hybridized carbons (Fsp3) is 0.810. The van der Waals surface area contributed by atoms with Gasteiger partial charge in [-0.3, -0.25) is 4.79 Å². The number of carboxylic acid groups (broad SMARTS) is 1. The van der Waals surface area contributed by atoms with Crippen molar-refractivity contribution in [2.75, 3.05) is 0 Å². The molecule has 144 valence electrons. The number of carbonyl (C=O) groups excluding carboxylic acids is 1. The van der Waals surface area contributed by atoms with Crippen molar-refractivity contribution < 1.29 is 19.4 Å². The van der Waals surface area contributed by atoms with Crippen LogP contribution in [0.1, 0.15) is 110 Å². The first-order chi connectivity index (χ1) is 12.2. The Morgan fingerprint density at radius 3 is 1.44 bits per heavy atom. The Morgan fingerprint density at radius 2 is 1.08 bits per heavy atom. The molecule has 0 aromatic carbocycles. The quantitative estimate of drug-likeness (QED) is 0.301. The van der Waals surface area contributed by atoms with Gasteiger partial charge in [0.15, 0.2) is 0 Å².